The molecule has 1 aliphatic heterocycles. The molecular weight excluding hydrogens is 558 g/mol. The summed E-state index contributed by atoms with van der Waals surface area (Å²) in [6.45, 7) is 8.77. The first-order valence-electron chi connectivity index (χ1n) is 13.8. The second-order valence-corrected chi connectivity index (χ2v) is 9.96. The average molecular weight is 594 g/mol. The number of carbonyl (C=O) groups excluding carboxylic acids is 3. The molecule has 5 rings (SSSR count). The maximum Gasteiger partial charge on any atom is 0.324 e. The minimum Gasteiger partial charge on any atom is -0.468 e. The van der Waals surface area contributed by atoms with Gasteiger partial charge in [0, 0.05) is 53.8 Å². The monoisotopic (exact) mass is 593 g/mol. The number of carbonyl (C=O) groups is 3. The molecule has 44 heavy (non-hydrogen) atoms. The van der Waals surface area contributed by atoms with Gasteiger partial charge < -0.3 is 26.0 Å². The van der Waals surface area contributed by atoms with Gasteiger partial charge in [-0.05, 0) is 61.2 Å². The standard InChI is InChI=1S/C30H30N6O3.C3H5NO/c1-4-27(37)32-23-9-5-7-20(17-23)25-10-6-8-21-18-31-30(34-28(21)25)33-22-11-13-24(14-12-22)36-16-15-35(2)26(19-36)29(38)39-3;1-2-3(4)5/h4-14,17-18,26H,1,15-16,19H2,2-3H3,(H,32,37)(H,31,33,34);2H,1H2,(H2,4,5). The van der Waals surface area contributed by atoms with E-state index in [1.54, 1.807) is 6.20 Å². The largest absolute Gasteiger partial charge is 0.468 e. The highest BCUT2D eigenvalue weighted by Gasteiger charge is 2.30. The van der Waals surface area contributed by atoms with Crippen LogP contribution in [0.1, 0.15) is 0 Å². The first-order valence-corrected chi connectivity index (χ1v) is 13.8. The van der Waals surface area contributed by atoms with Crippen LogP contribution in [0.4, 0.5) is 23.0 Å². The first kappa shape index (κ1) is 31.4. The zero-order chi connectivity index (χ0) is 31.6. The number of anilines is 4. The molecule has 2 heterocycles. The highest BCUT2D eigenvalue weighted by atomic mass is 16.5. The zero-order valence-corrected chi connectivity index (χ0v) is 24.7. The van der Waals surface area contributed by atoms with Crippen molar-refractivity contribution in [3.8, 4) is 11.1 Å². The summed E-state index contributed by atoms with van der Waals surface area (Å²) >= 11 is 0. The number of rotatable bonds is 8. The van der Waals surface area contributed by atoms with Crippen LogP contribution in [0, 0.1) is 0 Å². The maximum absolute atomic E-state index is 12.2. The zero-order valence-electron chi connectivity index (χ0n) is 24.7. The second kappa shape index (κ2) is 14.6. The molecule has 0 bridgehead atoms. The van der Waals surface area contributed by atoms with E-state index in [-0.39, 0.29) is 17.9 Å². The number of esters is 1. The number of hydrogen-bond acceptors (Lipinski definition) is 9. The number of amides is 2. The fourth-order valence-corrected chi connectivity index (χ4v) is 4.69. The molecule has 4 N–H and O–H groups in total. The van der Waals surface area contributed by atoms with Crippen molar-refractivity contribution in [2.24, 2.45) is 5.73 Å². The van der Waals surface area contributed by atoms with Crippen LogP contribution in [-0.4, -0.2) is 72.5 Å². The van der Waals surface area contributed by atoms with Crippen molar-refractivity contribution in [3.05, 3.63) is 98.2 Å². The summed E-state index contributed by atoms with van der Waals surface area (Å²) < 4.78 is 4.97. The van der Waals surface area contributed by atoms with Gasteiger partial charge in [0.15, 0.2) is 0 Å². The molecule has 3 aromatic carbocycles. The van der Waals surface area contributed by atoms with Gasteiger partial charge in [-0.3, -0.25) is 19.3 Å². The predicted molar refractivity (Wildman–Crippen MR) is 174 cm³/mol. The summed E-state index contributed by atoms with van der Waals surface area (Å²) in [5, 5.41) is 7.01. The number of nitrogens with one attached hydrogen (secondary N) is 2. The van der Waals surface area contributed by atoms with Gasteiger partial charge in [0.25, 0.3) is 0 Å². The van der Waals surface area contributed by atoms with Gasteiger partial charge in [0.1, 0.15) is 6.04 Å². The number of benzene rings is 3. The summed E-state index contributed by atoms with van der Waals surface area (Å²) in [4.78, 5) is 46.9. The third kappa shape index (κ3) is 7.84. The number of primary amides is 1. The highest BCUT2D eigenvalue weighted by Crippen LogP contribution is 2.30. The highest BCUT2D eigenvalue weighted by molar-refractivity contribution is 6.00. The summed E-state index contributed by atoms with van der Waals surface area (Å²) in [6.07, 6.45) is 4.09. The molecule has 0 aliphatic carbocycles. The average Bonchev–Trinajstić information content (AvgIpc) is 3.05. The molecule has 1 unspecified atom stereocenters. The number of aromatic nitrogens is 2. The fourth-order valence-electron chi connectivity index (χ4n) is 4.69. The van der Waals surface area contributed by atoms with Gasteiger partial charge >= 0.3 is 5.97 Å². The Hall–Kier alpha value is -5.55. The van der Waals surface area contributed by atoms with Crippen LogP contribution in [0.2, 0.25) is 0 Å². The number of para-hydroxylation sites is 1. The first-order chi connectivity index (χ1) is 21.2. The Balaban J connectivity index is 0.000000818. The van der Waals surface area contributed by atoms with E-state index >= 15 is 0 Å². The molecule has 2 amide bonds. The van der Waals surface area contributed by atoms with Gasteiger partial charge in [0.05, 0.1) is 12.6 Å². The smallest absolute Gasteiger partial charge is 0.324 e. The summed E-state index contributed by atoms with van der Waals surface area (Å²) in [6, 6.07) is 21.3. The van der Waals surface area contributed by atoms with Crippen molar-refractivity contribution in [3.63, 3.8) is 0 Å². The third-order valence-corrected chi connectivity index (χ3v) is 7.05. The molecule has 11 nitrogen and oxygen atoms in total. The van der Waals surface area contributed by atoms with Crippen LogP contribution < -0.4 is 21.3 Å². The lowest BCUT2D eigenvalue weighted by molar-refractivity contribution is -0.146. The van der Waals surface area contributed by atoms with E-state index in [1.165, 1.54) is 13.2 Å². The van der Waals surface area contributed by atoms with Gasteiger partial charge in [-0.25, -0.2) is 9.97 Å². The predicted octanol–water partition coefficient (Wildman–Crippen LogP) is 4.12. The minimum atomic E-state index is -0.481. The van der Waals surface area contributed by atoms with Crippen molar-refractivity contribution in [2.45, 2.75) is 6.04 Å². The second-order valence-electron chi connectivity index (χ2n) is 9.96. The van der Waals surface area contributed by atoms with E-state index in [0.717, 1.165) is 52.6 Å². The molecule has 1 saturated heterocycles. The number of nitrogens with zero attached hydrogens (tertiary/aromatic N) is 4. The number of nitrogens with two attached hydrogens (primary N) is 1. The lowest BCUT2D eigenvalue weighted by Gasteiger charge is -2.39. The molecular formula is C33H35N7O4. The topological polar surface area (TPSA) is 143 Å². The molecule has 0 spiro atoms. The van der Waals surface area contributed by atoms with Gasteiger partial charge in [-0.15, -0.1) is 0 Å². The van der Waals surface area contributed by atoms with Crippen molar-refractivity contribution < 1.29 is 19.1 Å². The Labute approximate surface area is 256 Å². The van der Waals surface area contributed by atoms with Crippen LogP contribution in [0.3, 0.4) is 0 Å². The van der Waals surface area contributed by atoms with Crippen LogP contribution >= 0.6 is 0 Å². The molecule has 11 heteroatoms. The Morgan fingerprint density at radius 1 is 1.00 bits per heavy atom. The number of fused-ring (bicyclic) bond motifs is 1. The van der Waals surface area contributed by atoms with E-state index in [2.05, 4.69) is 39.4 Å². The van der Waals surface area contributed by atoms with Gasteiger partial charge in [0.2, 0.25) is 17.8 Å². The minimum absolute atomic E-state index is 0.221. The van der Waals surface area contributed by atoms with E-state index in [1.807, 2.05) is 78.7 Å². The Bertz CT molecular complexity index is 1670. The lowest BCUT2D eigenvalue weighted by atomic mass is 10.0. The maximum atomic E-state index is 12.2. The Morgan fingerprint density at radius 3 is 2.41 bits per heavy atom. The summed E-state index contributed by atoms with van der Waals surface area (Å²) in [7, 11) is 3.37. The molecule has 4 aromatic rings. The number of hydrogen-bond donors (Lipinski definition) is 3. The SMILES string of the molecule is C=CC(=O)Nc1cccc(-c2cccc3cnc(Nc4ccc(N5CCN(C)C(C(=O)OC)C5)cc4)nc23)c1.C=CC(N)=O. The molecule has 1 aromatic heterocycles. The fraction of sp³-hybridized carbons (Fsp3) is 0.182. The number of likely N-dealkylation sites (N-methyl/N-ethyl adjacent to an activating group) is 1. The van der Waals surface area contributed by atoms with Gasteiger partial charge in [-0.2, -0.15) is 0 Å². The van der Waals surface area contributed by atoms with Gasteiger partial charge in [-0.1, -0.05) is 43.5 Å². The quantitative estimate of drug-likeness (QED) is 0.203. The van der Waals surface area contributed by atoms with Crippen molar-refractivity contribution in [1.29, 1.82) is 0 Å². The Kier molecular flexibility index (Phi) is 10.4. The third-order valence-electron chi connectivity index (χ3n) is 7.05. The van der Waals surface area contributed by atoms with E-state index in [0.29, 0.717) is 18.2 Å². The molecule has 1 fully saturated rings. The lowest BCUT2D eigenvalue weighted by Crippen LogP contribution is -2.55. The van der Waals surface area contributed by atoms with Crippen LogP contribution in [0.25, 0.3) is 22.0 Å². The van der Waals surface area contributed by atoms with Crippen LogP contribution in [0.5, 0.6) is 0 Å². The van der Waals surface area contributed by atoms with Crippen molar-refractivity contribution in [2.75, 3.05) is 49.3 Å². The Morgan fingerprint density at radius 2 is 1.73 bits per heavy atom. The van der Waals surface area contributed by atoms with E-state index < -0.39 is 5.91 Å². The van der Waals surface area contributed by atoms with Crippen molar-refractivity contribution in [1.82, 2.24) is 14.9 Å². The number of ether oxygens (including phenoxy) is 1. The number of methoxy groups -OCH3 is 1. The van der Waals surface area contributed by atoms with Crippen LogP contribution in [0.15, 0.2) is 98.2 Å². The molecule has 1 atom stereocenters. The molecule has 0 radical (unpaired) electrons. The van der Waals surface area contributed by atoms with E-state index in [4.69, 9.17) is 9.72 Å². The van der Waals surface area contributed by atoms with E-state index in [9.17, 15) is 14.4 Å². The van der Waals surface area contributed by atoms with Crippen molar-refractivity contribution >= 4 is 51.7 Å². The molecule has 1 aliphatic rings. The molecule has 226 valence electrons. The molecule has 0 saturated carbocycles. The van der Waals surface area contributed by atoms with Crippen LogP contribution in [-0.2, 0) is 19.1 Å². The number of piperazine rings is 1. The summed E-state index contributed by atoms with van der Waals surface area (Å²) in [5.41, 5.74) is 9.75. The normalized spacial score (nSPS) is 14.5. The summed E-state index contributed by atoms with van der Waals surface area (Å²) in [5.74, 6) is -0.489.